The van der Waals surface area contributed by atoms with Crippen LogP contribution in [0.5, 0.6) is 11.5 Å². The van der Waals surface area contributed by atoms with Gasteiger partial charge in [-0.3, -0.25) is 4.98 Å². The number of rotatable bonds is 4. The molecule has 0 aliphatic heterocycles. The van der Waals surface area contributed by atoms with Crippen molar-refractivity contribution < 1.29 is 4.74 Å². The largest absolute Gasteiger partial charge is 0.457 e. The number of hydrogen-bond acceptors (Lipinski definition) is 4. The fourth-order valence-electron chi connectivity index (χ4n) is 4.01. The van der Waals surface area contributed by atoms with Crippen molar-refractivity contribution in [3.8, 4) is 28.3 Å². The van der Waals surface area contributed by atoms with Crippen molar-refractivity contribution in [2.45, 2.75) is 0 Å². The Kier molecular flexibility index (Phi) is 4.14. The van der Waals surface area contributed by atoms with E-state index in [-0.39, 0.29) is 0 Å². The molecule has 0 aliphatic carbocycles. The van der Waals surface area contributed by atoms with E-state index in [1.54, 1.807) is 6.20 Å². The molecule has 0 fully saturated rings. The van der Waals surface area contributed by atoms with Crippen molar-refractivity contribution >= 4 is 27.6 Å². The van der Waals surface area contributed by atoms with E-state index in [0.29, 0.717) is 5.82 Å². The van der Waals surface area contributed by atoms with Gasteiger partial charge < -0.3 is 15.5 Å². The van der Waals surface area contributed by atoms with E-state index in [1.807, 2.05) is 89.9 Å². The molecule has 0 spiro atoms. The molecule has 3 aromatic heterocycles. The van der Waals surface area contributed by atoms with Gasteiger partial charge in [-0.2, -0.15) is 0 Å². The van der Waals surface area contributed by atoms with Crippen molar-refractivity contribution in [3.05, 3.63) is 97.5 Å². The van der Waals surface area contributed by atoms with Crippen LogP contribution in [0.25, 0.3) is 38.6 Å². The van der Waals surface area contributed by atoms with Crippen molar-refractivity contribution in [1.29, 1.82) is 0 Å². The summed E-state index contributed by atoms with van der Waals surface area (Å²) in [6, 6.07) is 25.8. The van der Waals surface area contributed by atoms with Crippen LogP contribution in [0.4, 0.5) is 5.82 Å². The number of nitrogen functional groups attached to an aromatic ring is 1. The van der Waals surface area contributed by atoms with E-state index in [0.717, 1.165) is 50.1 Å². The number of benzene rings is 3. The lowest BCUT2D eigenvalue weighted by Gasteiger charge is -2.08. The van der Waals surface area contributed by atoms with Crippen LogP contribution in [0, 0.1) is 0 Å². The molecule has 6 nitrogen and oxygen atoms in total. The van der Waals surface area contributed by atoms with Gasteiger partial charge in [0.05, 0.1) is 22.8 Å². The van der Waals surface area contributed by atoms with Gasteiger partial charge in [0.25, 0.3) is 0 Å². The predicted octanol–water partition coefficient (Wildman–Crippen LogP) is 5.94. The number of para-hydroxylation sites is 1. The Morgan fingerprint density at radius 2 is 1.66 bits per heavy atom. The molecule has 0 radical (unpaired) electrons. The van der Waals surface area contributed by atoms with Crippen molar-refractivity contribution in [1.82, 2.24) is 19.7 Å². The number of nitrogens with two attached hydrogens (primary N) is 1. The third kappa shape index (κ3) is 3.06. The molecule has 0 saturated carbocycles. The Hall–Kier alpha value is -4.58. The number of anilines is 1. The summed E-state index contributed by atoms with van der Waals surface area (Å²) in [5.41, 5.74) is 11.2. The molecule has 154 valence electrons. The van der Waals surface area contributed by atoms with Gasteiger partial charge in [0.2, 0.25) is 0 Å². The first-order valence-electron chi connectivity index (χ1n) is 10.3. The number of nitrogens with one attached hydrogen (secondary N) is 1. The second kappa shape index (κ2) is 7.28. The Morgan fingerprint density at radius 1 is 0.844 bits per heavy atom. The van der Waals surface area contributed by atoms with Crippen molar-refractivity contribution in [3.63, 3.8) is 0 Å². The van der Waals surface area contributed by atoms with E-state index in [4.69, 9.17) is 10.5 Å². The fourth-order valence-corrected chi connectivity index (χ4v) is 4.01. The molecule has 3 heterocycles. The maximum absolute atomic E-state index is 6.39. The van der Waals surface area contributed by atoms with Gasteiger partial charge in [-0.05, 0) is 54.1 Å². The van der Waals surface area contributed by atoms with Crippen LogP contribution in [0.1, 0.15) is 0 Å². The van der Waals surface area contributed by atoms with Crippen LogP contribution in [0.15, 0.2) is 97.5 Å². The normalized spacial score (nSPS) is 11.2. The predicted molar refractivity (Wildman–Crippen MR) is 127 cm³/mol. The van der Waals surface area contributed by atoms with Crippen molar-refractivity contribution in [2.75, 3.05) is 5.73 Å². The Morgan fingerprint density at radius 3 is 2.50 bits per heavy atom. The molecule has 3 N–H and O–H groups in total. The SMILES string of the molecule is Nc1nn(-c2ccc3[nH]ccc3c2)c2cncc(-c3ccc(Oc4ccccc4)cc3)c12. The molecule has 32 heavy (non-hydrogen) atoms. The molecule has 6 rings (SSSR count). The van der Waals surface area contributed by atoms with E-state index in [9.17, 15) is 0 Å². The van der Waals surface area contributed by atoms with Crippen LogP contribution in [-0.4, -0.2) is 19.7 Å². The summed E-state index contributed by atoms with van der Waals surface area (Å²) in [6.45, 7) is 0. The van der Waals surface area contributed by atoms with Crippen LogP contribution in [0.3, 0.4) is 0 Å². The highest BCUT2D eigenvalue weighted by molar-refractivity contribution is 6.02. The lowest BCUT2D eigenvalue weighted by Crippen LogP contribution is -1.97. The molecule has 3 aromatic carbocycles. The zero-order chi connectivity index (χ0) is 21.5. The number of nitrogens with zero attached hydrogens (tertiary/aromatic N) is 3. The molecule has 6 heteroatoms. The highest BCUT2D eigenvalue weighted by Gasteiger charge is 2.16. The first kappa shape index (κ1) is 18.2. The van der Waals surface area contributed by atoms with Gasteiger partial charge in [-0.15, -0.1) is 5.10 Å². The van der Waals surface area contributed by atoms with Gasteiger partial charge in [-0.25, -0.2) is 4.68 Å². The number of pyridine rings is 1. The van der Waals surface area contributed by atoms with Gasteiger partial charge in [0, 0.05) is 28.9 Å². The molecule has 0 amide bonds. The number of aromatic amines is 1. The quantitative estimate of drug-likeness (QED) is 0.372. The second-order valence-corrected chi connectivity index (χ2v) is 7.57. The first-order chi connectivity index (χ1) is 15.8. The van der Waals surface area contributed by atoms with Gasteiger partial charge in [0.1, 0.15) is 11.5 Å². The number of fused-ring (bicyclic) bond motifs is 2. The standard InChI is InChI=1S/C26H19N5O/c27-26-25-22(17-6-9-21(10-7-17)32-20-4-2-1-3-5-20)15-28-16-24(25)31(30-26)19-8-11-23-18(14-19)12-13-29-23/h1-16,29H,(H2,27,30). The number of aromatic nitrogens is 4. The van der Waals surface area contributed by atoms with E-state index < -0.39 is 0 Å². The highest BCUT2D eigenvalue weighted by Crippen LogP contribution is 2.34. The van der Waals surface area contributed by atoms with E-state index >= 15 is 0 Å². The van der Waals surface area contributed by atoms with Gasteiger partial charge in [0.15, 0.2) is 5.82 Å². The summed E-state index contributed by atoms with van der Waals surface area (Å²) in [6.07, 6.45) is 5.55. The summed E-state index contributed by atoms with van der Waals surface area (Å²) >= 11 is 0. The molecule has 0 aliphatic rings. The Balaban J connectivity index is 1.41. The molecular formula is C26H19N5O. The zero-order valence-corrected chi connectivity index (χ0v) is 17.1. The lowest BCUT2D eigenvalue weighted by molar-refractivity contribution is 0.483. The van der Waals surface area contributed by atoms with Crippen LogP contribution in [0.2, 0.25) is 0 Å². The van der Waals surface area contributed by atoms with E-state index in [1.165, 1.54) is 0 Å². The summed E-state index contributed by atoms with van der Waals surface area (Å²) in [7, 11) is 0. The third-order valence-corrected chi connectivity index (χ3v) is 5.54. The molecule has 0 unspecified atom stereocenters. The topological polar surface area (TPSA) is 81.8 Å². The highest BCUT2D eigenvalue weighted by atomic mass is 16.5. The van der Waals surface area contributed by atoms with Crippen LogP contribution in [-0.2, 0) is 0 Å². The summed E-state index contributed by atoms with van der Waals surface area (Å²) in [5.74, 6) is 2.04. The first-order valence-corrected chi connectivity index (χ1v) is 10.3. The monoisotopic (exact) mass is 417 g/mol. The molecule has 0 bridgehead atoms. The van der Waals surface area contributed by atoms with E-state index in [2.05, 4.69) is 21.1 Å². The third-order valence-electron chi connectivity index (χ3n) is 5.54. The van der Waals surface area contributed by atoms with Gasteiger partial charge in [-0.1, -0.05) is 30.3 Å². The minimum atomic E-state index is 0.469. The summed E-state index contributed by atoms with van der Waals surface area (Å²) in [5, 5.41) is 6.62. The maximum atomic E-state index is 6.39. The molecule has 0 saturated heterocycles. The minimum absolute atomic E-state index is 0.469. The smallest absolute Gasteiger partial charge is 0.154 e. The average molecular weight is 417 g/mol. The lowest BCUT2D eigenvalue weighted by atomic mass is 10.0. The Labute approximate surface area is 183 Å². The fraction of sp³-hybridized carbons (Fsp3) is 0. The number of ether oxygens (including phenoxy) is 1. The second-order valence-electron chi connectivity index (χ2n) is 7.57. The van der Waals surface area contributed by atoms with Crippen molar-refractivity contribution in [2.24, 2.45) is 0 Å². The number of H-pyrrole nitrogens is 1. The molecule has 6 aromatic rings. The van der Waals surface area contributed by atoms with Crippen LogP contribution < -0.4 is 10.5 Å². The number of hydrogen-bond donors (Lipinski definition) is 2. The zero-order valence-electron chi connectivity index (χ0n) is 17.1. The maximum Gasteiger partial charge on any atom is 0.154 e. The molecule has 0 atom stereocenters. The minimum Gasteiger partial charge on any atom is -0.457 e. The van der Waals surface area contributed by atoms with Crippen LogP contribution >= 0.6 is 0 Å². The Bertz CT molecular complexity index is 1550. The van der Waals surface area contributed by atoms with Gasteiger partial charge >= 0.3 is 0 Å². The summed E-state index contributed by atoms with van der Waals surface area (Å²) in [4.78, 5) is 7.69. The molecular weight excluding hydrogens is 398 g/mol. The average Bonchev–Trinajstić information content (AvgIpc) is 3.44. The summed E-state index contributed by atoms with van der Waals surface area (Å²) < 4.78 is 7.76.